The summed E-state index contributed by atoms with van der Waals surface area (Å²) in [6, 6.07) is 12.2. The predicted octanol–water partition coefficient (Wildman–Crippen LogP) is 3.61. The van der Waals surface area contributed by atoms with Crippen molar-refractivity contribution in [3.05, 3.63) is 48.0 Å². The largest absolute Gasteiger partial charge is 0.494 e. The van der Waals surface area contributed by atoms with E-state index in [0.29, 0.717) is 42.6 Å². The highest BCUT2D eigenvalue weighted by Gasteiger charge is 2.12. The molecule has 0 aromatic heterocycles. The highest BCUT2D eigenvalue weighted by atomic mass is 16.5. The van der Waals surface area contributed by atoms with Crippen molar-refractivity contribution < 1.29 is 28.5 Å². The quantitative estimate of drug-likeness (QED) is 0.579. The molecule has 0 heterocycles. The maximum Gasteiger partial charge on any atom is 0.310 e. The Morgan fingerprint density at radius 2 is 1.48 bits per heavy atom. The summed E-state index contributed by atoms with van der Waals surface area (Å²) in [7, 11) is 0. The van der Waals surface area contributed by atoms with Crippen molar-refractivity contribution in [2.24, 2.45) is 0 Å². The zero-order valence-electron chi connectivity index (χ0n) is 17.0. The SMILES string of the molecule is CCOc1ccc(NC(=O)COC(=O)Cc2ccc(OCC)c(OCC)c2)cc1. The van der Waals surface area contributed by atoms with Crippen LogP contribution in [0.3, 0.4) is 0 Å². The van der Waals surface area contributed by atoms with Crippen molar-refractivity contribution in [2.75, 3.05) is 31.7 Å². The lowest BCUT2D eigenvalue weighted by Gasteiger charge is -2.12. The van der Waals surface area contributed by atoms with Gasteiger partial charge in [-0.3, -0.25) is 9.59 Å². The molecule has 0 saturated carbocycles. The molecule has 1 amide bonds. The average Bonchev–Trinajstić information content (AvgIpc) is 2.70. The number of benzene rings is 2. The van der Waals surface area contributed by atoms with Gasteiger partial charge in [-0.25, -0.2) is 0 Å². The number of hydrogen-bond donors (Lipinski definition) is 1. The zero-order chi connectivity index (χ0) is 21.1. The summed E-state index contributed by atoms with van der Waals surface area (Å²) >= 11 is 0. The molecule has 2 rings (SSSR count). The lowest BCUT2D eigenvalue weighted by molar-refractivity contribution is -0.146. The first-order chi connectivity index (χ1) is 14.0. The van der Waals surface area contributed by atoms with Crippen LogP contribution in [0.1, 0.15) is 26.3 Å². The highest BCUT2D eigenvalue weighted by Crippen LogP contribution is 2.28. The first-order valence-corrected chi connectivity index (χ1v) is 9.62. The van der Waals surface area contributed by atoms with Gasteiger partial charge in [-0.15, -0.1) is 0 Å². The van der Waals surface area contributed by atoms with E-state index in [-0.39, 0.29) is 13.0 Å². The molecule has 0 unspecified atom stereocenters. The Labute approximate surface area is 170 Å². The smallest absolute Gasteiger partial charge is 0.310 e. The van der Waals surface area contributed by atoms with Crippen molar-refractivity contribution >= 4 is 17.6 Å². The van der Waals surface area contributed by atoms with Gasteiger partial charge in [-0.05, 0) is 62.7 Å². The van der Waals surface area contributed by atoms with Gasteiger partial charge in [0.25, 0.3) is 5.91 Å². The fraction of sp³-hybridized carbons (Fsp3) is 0.364. The molecule has 1 N–H and O–H groups in total. The molecule has 2 aromatic rings. The second-order valence-electron chi connectivity index (χ2n) is 5.99. The van der Waals surface area contributed by atoms with Gasteiger partial charge in [0, 0.05) is 5.69 Å². The number of carbonyl (C=O) groups excluding carboxylic acids is 2. The standard InChI is InChI=1S/C22H27NO6/c1-4-26-18-10-8-17(9-11-18)23-21(24)15-29-22(25)14-16-7-12-19(27-5-2)20(13-16)28-6-3/h7-13H,4-6,14-15H2,1-3H3,(H,23,24). The van der Waals surface area contributed by atoms with Crippen molar-refractivity contribution in [3.8, 4) is 17.2 Å². The number of anilines is 1. The van der Waals surface area contributed by atoms with Crippen molar-refractivity contribution in [2.45, 2.75) is 27.2 Å². The molecule has 156 valence electrons. The van der Waals surface area contributed by atoms with E-state index >= 15 is 0 Å². The van der Waals surface area contributed by atoms with Crippen LogP contribution in [0.2, 0.25) is 0 Å². The lowest BCUT2D eigenvalue weighted by Crippen LogP contribution is -2.21. The monoisotopic (exact) mass is 401 g/mol. The van der Waals surface area contributed by atoms with Gasteiger partial charge < -0.3 is 24.3 Å². The summed E-state index contributed by atoms with van der Waals surface area (Å²) in [6.45, 7) is 6.88. The Bertz CT molecular complexity index is 803. The first-order valence-electron chi connectivity index (χ1n) is 9.62. The Kier molecular flexibility index (Phi) is 8.82. The van der Waals surface area contributed by atoms with Crippen LogP contribution in [0, 0.1) is 0 Å². The average molecular weight is 401 g/mol. The van der Waals surface area contributed by atoms with E-state index in [0.717, 1.165) is 5.75 Å². The Morgan fingerprint density at radius 3 is 2.14 bits per heavy atom. The number of nitrogens with one attached hydrogen (secondary N) is 1. The molecular formula is C22H27NO6. The van der Waals surface area contributed by atoms with Crippen LogP contribution in [0.4, 0.5) is 5.69 Å². The fourth-order valence-corrected chi connectivity index (χ4v) is 2.57. The summed E-state index contributed by atoms with van der Waals surface area (Å²) in [5.41, 5.74) is 1.32. The maximum absolute atomic E-state index is 12.1. The van der Waals surface area contributed by atoms with Crippen LogP contribution < -0.4 is 19.5 Å². The summed E-state index contributed by atoms with van der Waals surface area (Å²) < 4.78 is 21.5. The maximum atomic E-state index is 12.1. The van der Waals surface area contributed by atoms with Crippen LogP contribution in [0.15, 0.2) is 42.5 Å². The second kappa shape index (κ2) is 11.6. The van der Waals surface area contributed by atoms with Crippen LogP contribution in [0.5, 0.6) is 17.2 Å². The van der Waals surface area contributed by atoms with Gasteiger partial charge in [0.2, 0.25) is 0 Å². The molecule has 2 aromatic carbocycles. The second-order valence-corrected chi connectivity index (χ2v) is 5.99. The number of ether oxygens (including phenoxy) is 4. The van der Waals surface area contributed by atoms with Crippen molar-refractivity contribution in [3.63, 3.8) is 0 Å². The Morgan fingerprint density at radius 1 is 0.828 bits per heavy atom. The number of hydrogen-bond acceptors (Lipinski definition) is 6. The molecule has 0 atom stereocenters. The molecule has 0 bridgehead atoms. The summed E-state index contributed by atoms with van der Waals surface area (Å²) in [4.78, 5) is 24.1. The fourth-order valence-electron chi connectivity index (χ4n) is 2.57. The molecule has 0 aliphatic carbocycles. The van der Waals surface area contributed by atoms with Gasteiger partial charge in [0.05, 0.1) is 26.2 Å². The minimum Gasteiger partial charge on any atom is -0.494 e. The van der Waals surface area contributed by atoms with E-state index in [1.807, 2.05) is 20.8 Å². The third kappa shape index (κ3) is 7.37. The van der Waals surface area contributed by atoms with E-state index < -0.39 is 11.9 Å². The first kappa shape index (κ1) is 22.1. The van der Waals surface area contributed by atoms with Gasteiger partial charge >= 0.3 is 5.97 Å². The summed E-state index contributed by atoms with van der Waals surface area (Å²) in [5, 5.41) is 2.67. The van der Waals surface area contributed by atoms with Crippen LogP contribution in [0.25, 0.3) is 0 Å². The number of esters is 1. The van der Waals surface area contributed by atoms with E-state index in [1.165, 1.54) is 0 Å². The molecule has 7 nitrogen and oxygen atoms in total. The van der Waals surface area contributed by atoms with Gasteiger partial charge in [-0.1, -0.05) is 6.07 Å². The topological polar surface area (TPSA) is 83.1 Å². The van der Waals surface area contributed by atoms with E-state index in [4.69, 9.17) is 18.9 Å². The van der Waals surface area contributed by atoms with E-state index in [1.54, 1.807) is 42.5 Å². The summed E-state index contributed by atoms with van der Waals surface area (Å²) in [5.74, 6) is 1.01. The van der Waals surface area contributed by atoms with Crippen LogP contribution in [-0.4, -0.2) is 38.3 Å². The van der Waals surface area contributed by atoms with Crippen LogP contribution >= 0.6 is 0 Å². The van der Waals surface area contributed by atoms with Crippen molar-refractivity contribution in [1.82, 2.24) is 0 Å². The minimum absolute atomic E-state index is 0.0306. The molecule has 0 fully saturated rings. The molecule has 29 heavy (non-hydrogen) atoms. The van der Waals surface area contributed by atoms with Crippen LogP contribution in [-0.2, 0) is 20.7 Å². The number of amides is 1. The molecular weight excluding hydrogens is 374 g/mol. The molecule has 0 aliphatic heterocycles. The molecule has 0 saturated heterocycles. The number of carbonyl (C=O) groups is 2. The molecule has 0 spiro atoms. The highest BCUT2D eigenvalue weighted by molar-refractivity contribution is 5.92. The Balaban J connectivity index is 1.84. The van der Waals surface area contributed by atoms with E-state index in [9.17, 15) is 9.59 Å². The zero-order valence-corrected chi connectivity index (χ0v) is 17.0. The van der Waals surface area contributed by atoms with E-state index in [2.05, 4.69) is 5.32 Å². The lowest BCUT2D eigenvalue weighted by atomic mass is 10.1. The van der Waals surface area contributed by atoms with Gasteiger partial charge in [-0.2, -0.15) is 0 Å². The third-order valence-corrected chi connectivity index (χ3v) is 3.77. The van der Waals surface area contributed by atoms with Gasteiger partial charge in [0.1, 0.15) is 5.75 Å². The third-order valence-electron chi connectivity index (χ3n) is 3.77. The van der Waals surface area contributed by atoms with Gasteiger partial charge in [0.15, 0.2) is 18.1 Å². The summed E-state index contributed by atoms with van der Waals surface area (Å²) in [6.07, 6.45) is 0.0306. The normalized spacial score (nSPS) is 10.2. The molecule has 7 heteroatoms. The minimum atomic E-state index is -0.501. The molecule has 0 aliphatic rings. The number of rotatable bonds is 11. The predicted molar refractivity (Wildman–Crippen MR) is 110 cm³/mol. The van der Waals surface area contributed by atoms with Crippen molar-refractivity contribution in [1.29, 1.82) is 0 Å². The molecule has 0 radical (unpaired) electrons. The Hall–Kier alpha value is -3.22.